The van der Waals surface area contributed by atoms with E-state index in [2.05, 4.69) is 55.2 Å². The summed E-state index contributed by atoms with van der Waals surface area (Å²) in [6.45, 7) is 5.96. The van der Waals surface area contributed by atoms with Crippen molar-refractivity contribution in [1.29, 1.82) is 5.26 Å². The number of halogens is 2. The van der Waals surface area contributed by atoms with Crippen molar-refractivity contribution in [3.63, 3.8) is 0 Å². The third-order valence-corrected chi connectivity index (χ3v) is 15.0. The molecule has 5 amide bonds. The van der Waals surface area contributed by atoms with E-state index in [0.29, 0.717) is 70.4 Å². The number of amides is 5. The molecule has 5 heterocycles. The molecule has 3 aliphatic carbocycles. The van der Waals surface area contributed by atoms with Gasteiger partial charge in [0.1, 0.15) is 17.9 Å². The molecule has 6 atom stereocenters. The Labute approximate surface area is 375 Å². The highest BCUT2D eigenvalue weighted by atomic mass is 35.5. The molecule has 64 heavy (non-hydrogen) atoms. The van der Waals surface area contributed by atoms with E-state index < -0.39 is 35.5 Å². The van der Waals surface area contributed by atoms with Gasteiger partial charge in [0.25, 0.3) is 36.2 Å². The van der Waals surface area contributed by atoms with E-state index in [1.54, 1.807) is 12.1 Å². The van der Waals surface area contributed by atoms with Gasteiger partial charge < -0.3 is 14.6 Å². The van der Waals surface area contributed by atoms with Crippen LogP contribution in [-0.2, 0) is 20.4 Å². The number of epoxide rings is 1. The van der Waals surface area contributed by atoms with Crippen LogP contribution in [0.1, 0.15) is 113 Å². The van der Waals surface area contributed by atoms with Gasteiger partial charge in [-0.15, -0.1) is 5.10 Å². The van der Waals surface area contributed by atoms with Gasteiger partial charge in [-0.2, -0.15) is 10.4 Å². The van der Waals surface area contributed by atoms with Crippen molar-refractivity contribution < 1.29 is 32.7 Å². The smallest absolute Gasteiger partial charge is 0.272 e. The lowest BCUT2D eigenvalue weighted by Crippen LogP contribution is -2.54. The Morgan fingerprint density at radius 2 is 1.78 bits per heavy atom. The Hall–Kier alpha value is -5.78. The molecule has 7 aliphatic rings. The second kappa shape index (κ2) is 17.0. The second-order valence-electron chi connectivity index (χ2n) is 18.9. The quantitative estimate of drug-likeness (QED) is 0.0972. The number of allylic oxidation sites excluding steroid dienone is 2. The number of nitrogens with zero attached hydrogens (tertiary/aromatic N) is 5. The molecule has 15 heteroatoms. The summed E-state index contributed by atoms with van der Waals surface area (Å²) in [6.07, 6.45) is 11.8. The SMILES string of the molecule is C[C@@H]1C=C(Cc2ccc(C(=O)NC3CCC(C4C[O+]4c4ccc(C#N)c(Cl)c4)CC3)nn2)CCN(C[C@@H]2[C@H]3CC=C(c4cc5c(cc4F)C(=O)N(C4CCC(=O)NC4=O)C5=O)C[C@H]32)C1. The third-order valence-electron chi connectivity index (χ3n) is 14.7. The normalized spacial score (nSPS) is 28.9. The molecule has 13 nitrogen and oxygen atoms in total. The average Bonchev–Trinajstić information content (AvgIpc) is 4.21. The fourth-order valence-corrected chi connectivity index (χ4v) is 11.4. The van der Waals surface area contributed by atoms with Crippen molar-refractivity contribution in [3.05, 3.63) is 105 Å². The highest BCUT2D eigenvalue weighted by Crippen LogP contribution is 2.57. The van der Waals surface area contributed by atoms with E-state index in [9.17, 15) is 29.2 Å². The van der Waals surface area contributed by atoms with Gasteiger partial charge in [-0.25, -0.2) is 4.39 Å². The van der Waals surface area contributed by atoms with Crippen molar-refractivity contribution in [2.45, 2.75) is 89.3 Å². The van der Waals surface area contributed by atoms with E-state index in [4.69, 9.17) is 11.6 Å². The number of hydrogen-bond donors (Lipinski definition) is 2. The number of aromatic nitrogens is 2. The summed E-state index contributed by atoms with van der Waals surface area (Å²) in [5.41, 5.74) is 4.15. The first-order valence-corrected chi connectivity index (χ1v) is 23.0. The van der Waals surface area contributed by atoms with Gasteiger partial charge in [0.2, 0.25) is 11.8 Å². The number of nitrogens with one attached hydrogen (secondary N) is 2. The zero-order chi connectivity index (χ0) is 44.4. The molecule has 330 valence electrons. The zero-order valence-corrected chi connectivity index (χ0v) is 36.4. The summed E-state index contributed by atoms with van der Waals surface area (Å²) < 4.78 is 18.9. The van der Waals surface area contributed by atoms with Crippen LogP contribution in [0.4, 0.5) is 4.39 Å². The summed E-state index contributed by atoms with van der Waals surface area (Å²) in [6, 6.07) is 12.9. The molecule has 2 unspecified atom stereocenters. The lowest BCUT2D eigenvalue weighted by Gasteiger charge is -2.27. The van der Waals surface area contributed by atoms with Gasteiger partial charge in [-0.05, 0) is 111 Å². The Kier molecular flexibility index (Phi) is 11.2. The lowest BCUT2D eigenvalue weighted by molar-refractivity contribution is -0.136. The predicted molar refractivity (Wildman–Crippen MR) is 233 cm³/mol. The van der Waals surface area contributed by atoms with E-state index in [1.807, 2.05) is 18.2 Å². The predicted octanol–water partition coefficient (Wildman–Crippen LogP) is 6.73. The van der Waals surface area contributed by atoms with Crippen molar-refractivity contribution >= 4 is 46.7 Å². The summed E-state index contributed by atoms with van der Waals surface area (Å²) >= 11 is 6.26. The molecule has 0 bridgehead atoms. The van der Waals surface area contributed by atoms with Gasteiger partial charge in [0.15, 0.2) is 5.69 Å². The number of carbonyl (C=O) groups excluding carboxylic acids is 5. The van der Waals surface area contributed by atoms with Gasteiger partial charge in [0.05, 0.1) is 39.4 Å². The van der Waals surface area contributed by atoms with Crippen molar-refractivity contribution in [2.75, 3.05) is 26.2 Å². The van der Waals surface area contributed by atoms with E-state index in [-0.39, 0.29) is 35.9 Å². The van der Waals surface area contributed by atoms with Crippen LogP contribution in [0.15, 0.2) is 60.2 Å². The molecule has 0 spiro atoms. The maximum absolute atomic E-state index is 15.7. The Bertz CT molecular complexity index is 2570. The van der Waals surface area contributed by atoms with E-state index in [1.165, 1.54) is 11.6 Å². The Morgan fingerprint density at radius 3 is 2.52 bits per heavy atom. The summed E-state index contributed by atoms with van der Waals surface area (Å²) in [4.78, 5) is 67.4. The zero-order valence-electron chi connectivity index (χ0n) is 35.7. The van der Waals surface area contributed by atoms with E-state index >= 15 is 4.39 Å². The molecule has 3 aromatic rings. The number of hydrogen-bond acceptors (Lipinski definition) is 9. The van der Waals surface area contributed by atoms with Crippen LogP contribution in [0.2, 0.25) is 5.02 Å². The molecule has 10 rings (SSSR count). The fourth-order valence-electron chi connectivity index (χ4n) is 11.2. The minimum atomic E-state index is -1.10. The lowest BCUT2D eigenvalue weighted by atomic mass is 9.84. The summed E-state index contributed by atoms with van der Waals surface area (Å²) in [7, 11) is 0. The topological polar surface area (TPSA) is 168 Å². The summed E-state index contributed by atoms with van der Waals surface area (Å²) in [5, 5.41) is 23.8. The number of fused-ring (bicyclic) bond motifs is 2. The number of rotatable bonds is 10. The van der Waals surface area contributed by atoms with Crippen LogP contribution in [-0.4, -0.2) is 94.0 Å². The molecule has 4 fully saturated rings. The molecule has 2 saturated heterocycles. The molecular formula is C49H50ClFN7O6+. The van der Waals surface area contributed by atoms with Crippen LogP contribution in [0.3, 0.4) is 0 Å². The Balaban J connectivity index is 0.676. The van der Waals surface area contributed by atoms with Gasteiger partial charge >= 0.3 is 0 Å². The fraction of sp³-hybridized carbons (Fsp3) is 0.469. The average molecular weight is 887 g/mol. The largest absolute Gasteiger partial charge is 0.557 e. The summed E-state index contributed by atoms with van der Waals surface area (Å²) in [5.74, 6) is 0.00783. The first-order chi connectivity index (χ1) is 30.9. The van der Waals surface area contributed by atoms with Crippen molar-refractivity contribution in [2.24, 2.45) is 29.6 Å². The first kappa shape index (κ1) is 42.2. The third kappa shape index (κ3) is 8.24. The molecule has 0 radical (unpaired) electrons. The number of carbonyl (C=O) groups is 5. The highest BCUT2D eigenvalue weighted by Gasteiger charge is 2.53. The standard InChI is InChI=1S/C49H49ClFN7O6/c1-26-16-27(17-32-8-11-42(56-55-32)46(60)53-31-6-2-28(3-7-31)44-25-64(44)33-9-4-30(22-52)40(50)19-33)14-15-57(23-26)24-39-34-10-5-29(18-36(34)39)35-20-37-38(21-41(35)51)49(63)58(48(37)62)43-12-13-45(59)54-47(43)61/h4-5,8-9,11,16,19-21,26,28,31,34,36,39,43-44H,2-3,6-7,10,12-15,17-18,23-25H2,1H3,(H-,53,54,59,60,61)/p+1/t26-,28?,31?,34+,36-,39-,43?,44?/m1/s1. The van der Waals surface area contributed by atoms with Gasteiger partial charge in [0, 0.05) is 50.1 Å². The first-order valence-electron chi connectivity index (χ1n) is 22.6. The Morgan fingerprint density at radius 1 is 0.984 bits per heavy atom. The number of piperidine rings is 1. The van der Waals surface area contributed by atoms with Crippen molar-refractivity contribution in [1.82, 2.24) is 30.6 Å². The molecular weight excluding hydrogens is 837 g/mol. The van der Waals surface area contributed by atoms with Crippen LogP contribution in [0, 0.1) is 46.7 Å². The van der Waals surface area contributed by atoms with Crippen LogP contribution >= 0.6 is 11.6 Å². The minimum Gasteiger partial charge on any atom is -0.557 e. The number of imide groups is 2. The molecule has 1 aromatic heterocycles. The maximum atomic E-state index is 15.7. The van der Waals surface area contributed by atoms with Crippen LogP contribution in [0.5, 0.6) is 5.75 Å². The van der Waals surface area contributed by atoms with Gasteiger partial charge in [-0.3, -0.25) is 34.2 Å². The monoisotopic (exact) mass is 886 g/mol. The number of benzene rings is 2. The molecule has 2 aromatic carbocycles. The van der Waals surface area contributed by atoms with Crippen LogP contribution in [0.25, 0.3) is 5.57 Å². The minimum absolute atomic E-state index is 0.0190. The number of nitriles is 1. The second-order valence-corrected chi connectivity index (χ2v) is 19.3. The van der Waals surface area contributed by atoms with E-state index in [0.717, 1.165) is 92.7 Å². The van der Waals surface area contributed by atoms with Crippen molar-refractivity contribution in [3.8, 4) is 11.8 Å². The molecule has 2 saturated carbocycles. The molecule has 4 aliphatic heterocycles. The highest BCUT2D eigenvalue weighted by molar-refractivity contribution is 6.31. The maximum Gasteiger partial charge on any atom is 0.272 e. The van der Waals surface area contributed by atoms with Gasteiger partial charge in [-0.1, -0.05) is 36.2 Å². The molecule has 2 N–H and O–H groups in total. The van der Waals surface area contributed by atoms with Crippen LogP contribution < -0.4 is 10.6 Å².